The van der Waals surface area contributed by atoms with Crippen LogP contribution >= 0.6 is 0 Å². The van der Waals surface area contributed by atoms with Crippen molar-refractivity contribution in [3.63, 3.8) is 0 Å². The van der Waals surface area contributed by atoms with Crippen LogP contribution in [0.5, 0.6) is 0 Å². The Balaban J connectivity index is 0.000000134. The molecule has 0 amide bonds. The molecular weight excluding hydrogens is 1070 g/mol. The fourth-order valence-electron chi connectivity index (χ4n) is 11.6. The van der Waals surface area contributed by atoms with Crippen molar-refractivity contribution in [3.05, 3.63) is 289 Å². The van der Waals surface area contributed by atoms with Crippen LogP contribution in [0.1, 0.15) is 36.1 Å². The summed E-state index contributed by atoms with van der Waals surface area (Å²) < 4.78 is 0. The van der Waals surface area contributed by atoms with E-state index in [0.717, 1.165) is 25.7 Å². The largest absolute Gasteiger partial charge is 2.00 e. The molecule has 14 aromatic carbocycles. The molecule has 0 heterocycles. The molecule has 0 saturated carbocycles. The van der Waals surface area contributed by atoms with E-state index in [1.54, 1.807) is 0 Å². The van der Waals surface area contributed by atoms with Gasteiger partial charge in [-0.05, 0) is 86.3 Å². The van der Waals surface area contributed by atoms with Gasteiger partial charge in [-0.1, -0.05) is 232 Å². The zero-order chi connectivity index (χ0) is 56.4. The third-order valence-electron chi connectivity index (χ3n) is 15.9. The normalized spacial score (nSPS) is 10.7. The quantitative estimate of drug-likeness (QED) is 0.0946. The first kappa shape index (κ1) is 61.4. The molecule has 0 aliphatic rings. The summed E-state index contributed by atoms with van der Waals surface area (Å²) in [4.78, 5) is 0. The van der Waals surface area contributed by atoms with Gasteiger partial charge in [-0.3, -0.25) is 0 Å². The Bertz CT molecular complexity index is 4500. The van der Waals surface area contributed by atoms with Gasteiger partial charge in [0.1, 0.15) is 0 Å². The molecule has 4 heteroatoms. The first-order valence-corrected chi connectivity index (χ1v) is 34.4. The molecule has 0 bridgehead atoms. The Morgan fingerprint density at radius 1 is 0.286 bits per heavy atom. The average Bonchev–Trinajstić information content (AvgIpc) is 4.23. The molecule has 404 valence electrons. The maximum absolute atomic E-state index is 2.48. The van der Waals surface area contributed by atoms with E-state index < -0.39 is 0 Å². The predicted molar refractivity (Wildman–Crippen MR) is 380 cm³/mol. The van der Waals surface area contributed by atoms with E-state index in [-0.39, 0.29) is 62.9 Å². The van der Waals surface area contributed by atoms with Crippen molar-refractivity contribution < 1.29 is 0 Å². The van der Waals surface area contributed by atoms with Crippen LogP contribution in [0.3, 0.4) is 0 Å². The second-order valence-electron chi connectivity index (χ2n) is 22.2. The van der Waals surface area contributed by atoms with Gasteiger partial charge in [-0.2, -0.15) is 24.3 Å². The summed E-state index contributed by atoms with van der Waals surface area (Å²) in [5, 5.41) is 16.1. The summed E-state index contributed by atoms with van der Waals surface area (Å²) in [5.41, 5.74) is 21.3. The summed E-state index contributed by atoms with van der Waals surface area (Å²) in [6.45, 7) is 13.8. The second kappa shape index (κ2) is 29.1. The monoisotopic (exact) mass is 1140 g/mol. The predicted octanol–water partition coefficient (Wildman–Crippen LogP) is 20.9. The Labute approximate surface area is 533 Å². The maximum atomic E-state index is 2.48. The Hall–Kier alpha value is -7.13. The van der Waals surface area contributed by atoms with Crippen LogP contribution in [0.2, 0.25) is 26.2 Å². The maximum Gasteiger partial charge on any atom is 2.00 e. The van der Waals surface area contributed by atoms with Crippen molar-refractivity contribution in [2.75, 3.05) is 0 Å². The van der Waals surface area contributed by atoms with Crippen LogP contribution in [0.15, 0.2) is 267 Å². The molecule has 14 aromatic rings. The summed E-state index contributed by atoms with van der Waals surface area (Å²) in [5.74, 6) is 0. The molecule has 0 aromatic heterocycles. The van der Waals surface area contributed by atoms with E-state index in [1.807, 2.05) is 0 Å². The van der Waals surface area contributed by atoms with Gasteiger partial charge in [0.15, 0.2) is 0 Å². The smallest absolute Gasteiger partial charge is 0.164 e. The third-order valence-corrected chi connectivity index (χ3v) is 17.9. The van der Waals surface area contributed by atoms with Crippen LogP contribution in [-0.2, 0) is 25.7 Å². The molecular formula is C80H72Mg2Si2. The SMILES string of the molecule is CCc1cc2c(-c3cccc4ccccc34)cccc2[cH-]1.CCc1cc2c(-c3ccccc3)cccc2[cH-]1.C[Si](C)=CCc1cc2c(-c3cccc4ccccc34)cccc2[cH-]1.C[Si](C)=CCc1cc2c(-c3ccccc3)cccc2[cH-]1.[Mg+2].[Mg+2]. The minimum Gasteiger partial charge on any atom is -0.164 e. The molecule has 14 rings (SSSR count). The number of hydrogen-bond acceptors (Lipinski definition) is 0. The van der Waals surface area contributed by atoms with Gasteiger partial charge < -0.3 is 0 Å². The van der Waals surface area contributed by atoms with Gasteiger partial charge in [0.05, 0.1) is 0 Å². The number of aryl methyl sites for hydroxylation is 2. The van der Waals surface area contributed by atoms with Gasteiger partial charge in [0, 0.05) is 0 Å². The topological polar surface area (TPSA) is 0 Å². The molecule has 0 aliphatic heterocycles. The van der Waals surface area contributed by atoms with Crippen LogP contribution in [0.25, 0.3) is 109 Å². The van der Waals surface area contributed by atoms with Crippen molar-refractivity contribution in [2.45, 2.75) is 65.7 Å². The van der Waals surface area contributed by atoms with Gasteiger partial charge in [0.2, 0.25) is 0 Å². The van der Waals surface area contributed by atoms with Gasteiger partial charge in [-0.25, -0.2) is 0 Å². The van der Waals surface area contributed by atoms with Crippen molar-refractivity contribution >= 4 is 139 Å². The van der Waals surface area contributed by atoms with Crippen molar-refractivity contribution in [3.8, 4) is 44.5 Å². The van der Waals surface area contributed by atoms with E-state index in [0.29, 0.717) is 0 Å². The van der Waals surface area contributed by atoms with Crippen LogP contribution in [-0.4, -0.2) is 74.3 Å². The molecule has 0 nitrogen and oxygen atoms in total. The van der Waals surface area contributed by atoms with Gasteiger partial charge in [0.25, 0.3) is 0 Å². The van der Waals surface area contributed by atoms with E-state index in [4.69, 9.17) is 0 Å². The second-order valence-corrected chi connectivity index (χ2v) is 27.3. The molecule has 0 saturated heterocycles. The molecule has 0 spiro atoms. The van der Waals surface area contributed by atoms with Crippen LogP contribution in [0.4, 0.5) is 0 Å². The van der Waals surface area contributed by atoms with Crippen molar-refractivity contribution in [1.82, 2.24) is 0 Å². The molecule has 84 heavy (non-hydrogen) atoms. The minimum absolute atomic E-state index is 0. The summed E-state index contributed by atoms with van der Waals surface area (Å²) >= 11 is 0. The first-order valence-electron chi connectivity index (χ1n) is 29.3. The Morgan fingerprint density at radius 3 is 0.917 bits per heavy atom. The fraction of sp³-hybridized carbons (Fsp3) is 0.125. The first-order chi connectivity index (χ1) is 40.2. The molecule has 0 atom stereocenters. The van der Waals surface area contributed by atoms with Crippen molar-refractivity contribution in [1.29, 1.82) is 0 Å². The average molecular weight is 1140 g/mol. The minimum atomic E-state index is -0.284. The van der Waals surface area contributed by atoms with E-state index >= 15 is 0 Å². The summed E-state index contributed by atoms with van der Waals surface area (Å²) in [6, 6.07) is 96.8. The Morgan fingerprint density at radius 2 is 0.560 bits per heavy atom. The number of rotatable bonds is 10. The summed E-state index contributed by atoms with van der Waals surface area (Å²) in [6.07, 6.45) is 4.38. The fourth-order valence-corrected chi connectivity index (χ4v) is 12.9. The third kappa shape index (κ3) is 14.3. The molecule has 0 unspecified atom stereocenters. The van der Waals surface area contributed by atoms with E-state index in [2.05, 4.69) is 318 Å². The Kier molecular flexibility index (Phi) is 21.3. The van der Waals surface area contributed by atoms with Crippen LogP contribution in [0, 0.1) is 0 Å². The van der Waals surface area contributed by atoms with Crippen molar-refractivity contribution in [2.24, 2.45) is 0 Å². The summed E-state index contributed by atoms with van der Waals surface area (Å²) in [7, 11) is -0.540. The molecule has 0 aliphatic carbocycles. The number of hydrogen-bond donors (Lipinski definition) is 0. The van der Waals surface area contributed by atoms with Gasteiger partial charge >= 0.3 is 46.1 Å². The van der Waals surface area contributed by atoms with E-state index in [1.165, 1.54) is 131 Å². The number of benzene rings is 10. The standard InChI is InChI=1S/C23H21Si.C21H17.C19H19Si.C17H15.2Mg/c1-24(2)14-13-17-15-19-9-6-12-22(23(19)16-17)21-11-5-8-18-7-3-4-10-20(18)21;1-2-15-13-17-9-6-12-20(21(17)14-15)19-11-5-8-16-7-3-4-10-18(16)19;1-20(2)12-11-15-13-17-9-6-10-18(19(17)14-15)16-7-4-3-5-8-16;1-2-13-11-15-9-6-10-16(17(15)12-13)14-7-4-3-5-8-14;;/h3-12,14-16H,13H2,1-2H3;3-14H,2H2,1H3;3-10,12-14H,11H2,1-2H3;3-12H,2H2,1H3;;/q4*-1;2*+2. The van der Waals surface area contributed by atoms with E-state index in [9.17, 15) is 0 Å². The molecule has 0 fully saturated rings. The van der Waals surface area contributed by atoms with Crippen LogP contribution < -0.4 is 0 Å². The zero-order valence-corrected chi connectivity index (χ0v) is 54.6. The molecule has 0 N–H and O–H groups in total. The number of fused-ring (bicyclic) bond motifs is 6. The molecule has 0 radical (unpaired) electrons. The van der Waals surface area contributed by atoms with Gasteiger partial charge in [-0.15, -0.1) is 149 Å². The zero-order valence-electron chi connectivity index (χ0n) is 49.8.